The molecule has 0 aliphatic rings. The lowest BCUT2D eigenvalue weighted by molar-refractivity contribution is 0.953. The van der Waals surface area contributed by atoms with Crippen molar-refractivity contribution in [1.29, 1.82) is 0 Å². The van der Waals surface area contributed by atoms with Crippen molar-refractivity contribution in [3.05, 3.63) is 431 Å². The first-order chi connectivity index (χ1) is 60.4. The van der Waals surface area contributed by atoms with E-state index < -0.39 is 0 Å². The fourth-order valence-electron chi connectivity index (χ4n) is 19.7. The second-order valence-electron chi connectivity index (χ2n) is 32.6. The topological polar surface area (TPSA) is 48.0 Å². The number of aromatic nitrogens is 5. The predicted molar refractivity (Wildman–Crippen MR) is 522 cm³/mol. The molecule has 0 fully saturated rings. The maximum atomic E-state index is 5.24. The number of rotatable bonds is 3. The number of benzene rings is 21. The van der Waals surface area contributed by atoms with Crippen molar-refractivity contribution in [2.24, 2.45) is 0 Å². The molecule has 0 saturated carbocycles. The van der Waals surface area contributed by atoms with Crippen LogP contribution in [0.2, 0.25) is 0 Å². The monoisotopic (exact) mass is 1550 g/mol. The molecule has 0 aliphatic heterocycles. The van der Waals surface area contributed by atoms with Crippen LogP contribution in [0.25, 0.3) is 250 Å². The second-order valence-corrected chi connectivity index (χ2v) is 32.6. The Labute approximate surface area is 700 Å². The molecular formula is C117H71N5. The third-order valence-electron chi connectivity index (χ3n) is 25.6. The average Bonchev–Trinajstić information content (AvgIpc) is 1.37. The van der Waals surface area contributed by atoms with Gasteiger partial charge in [-0.1, -0.05) is 315 Å². The molecular weight excluding hydrogens is 1480 g/mol. The molecule has 0 saturated heterocycles. The fourth-order valence-corrected chi connectivity index (χ4v) is 19.7. The summed E-state index contributed by atoms with van der Waals surface area (Å²) in [6.45, 7) is 0. The van der Waals surface area contributed by atoms with Crippen LogP contribution in [-0.4, -0.2) is 23.9 Å². The molecule has 5 heterocycles. The average molecular weight is 1550 g/mol. The van der Waals surface area contributed by atoms with Gasteiger partial charge in [-0.05, 0) is 288 Å². The van der Waals surface area contributed by atoms with E-state index in [1.165, 1.54) is 167 Å². The van der Waals surface area contributed by atoms with Crippen LogP contribution in [0, 0.1) is 0 Å². The molecule has 5 nitrogen and oxygen atoms in total. The molecule has 5 aromatic heterocycles. The third kappa shape index (κ3) is 11.4. The molecule has 0 aliphatic carbocycles. The molecule has 30 bridgehead atoms. The minimum absolute atomic E-state index is 0.567. The van der Waals surface area contributed by atoms with Gasteiger partial charge in [0.25, 0.3) is 0 Å². The van der Waals surface area contributed by atoms with E-state index in [0.29, 0.717) is 17.6 Å². The summed E-state index contributed by atoms with van der Waals surface area (Å²) in [5.41, 5.74) is 7.36. The van der Waals surface area contributed by atoms with Gasteiger partial charge in [0.2, 0.25) is 5.95 Å². The van der Waals surface area contributed by atoms with E-state index >= 15 is 0 Å². The first kappa shape index (κ1) is 69.0. The Kier molecular flexibility index (Phi) is 15.7. The quantitative estimate of drug-likeness (QED) is 0.166. The predicted octanol–water partition coefficient (Wildman–Crippen LogP) is 31.8. The van der Waals surface area contributed by atoms with E-state index in [1.54, 1.807) is 0 Å². The SMILES string of the molecule is c1cc2cc(c1)c1cccc(c1)c1ccc3c4ccccc4c4ccc(cc4c3c1)c1ccc3c4ccccc4c4ccc(cc4c3c1)c1cccc2c1.c1ccc(-c2nc(-c3ccccc3)nc(-n3c4ccc5cc4c4cc(ccc43)c3ccc4c(c3)c3ccccc3n4c3cccc(c3)c3cccc(c3)c3cccc(c3)c3cccc5c3)n2)cc1. The molecule has 122 heavy (non-hydrogen) atoms. The Balaban J connectivity index is 0.000000138. The van der Waals surface area contributed by atoms with Crippen molar-refractivity contribution in [3.8, 4) is 28.7 Å². The molecule has 0 N–H and O–H groups in total. The van der Waals surface area contributed by atoms with Gasteiger partial charge in [-0.15, -0.1) is 0 Å². The Morgan fingerprint density at radius 1 is 0.139 bits per heavy atom. The Bertz CT molecular complexity index is 8930. The van der Waals surface area contributed by atoms with Gasteiger partial charge in [0.05, 0.1) is 22.1 Å². The van der Waals surface area contributed by atoms with E-state index in [1.807, 2.05) is 36.4 Å². The zero-order valence-electron chi connectivity index (χ0n) is 66.2. The standard InChI is InChI=1S/C63H39N5.C54H32/c1-3-13-40(14-4-1)61-64-62(41-15-5-2-6-16-41)66-63(65-61)68-59-31-28-49-38-55(59)56-39-51(29-32-60(56)68)50-27-30-58-54(37-50)53-25-7-8-26-57(53)67(58)52-24-12-23-48(36-52)46-21-10-19-44(34-46)42-17-9-18-43(33-42)45-20-11-22-47(49)35-45;1-3-16-45-43(14-1)47-22-18-39-29-51(47)53-31-41(20-24-49(45)53)42-21-25-50-46-17-4-2-15-44(46)48-23-19-40(30-52(48)54(50)32-42)38-13-7-11-36(28-38)34-9-5-8-33(26-34)35-10-6-12-37(39)27-35/h1-39H;1-32H. The summed E-state index contributed by atoms with van der Waals surface area (Å²) in [4.78, 5) is 15.5. The van der Waals surface area contributed by atoms with Gasteiger partial charge in [0, 0.05) is 38.2 Å². The zero-order chi connectivity index (χ0) is 80.0. The first-order valence-electron chi connectivity index (χ1n) is 41.9. The molecule has 564 valence electrons. The van der Waals surface area contributed by atoms with Crippen molar-refractivity contribution in [1.82, 2.24) is 23.9 Å². The molecule has 27 aromatic rings. The van der Waals surface area contributed by atoms with Crippen molar-refractivity contribution in [2.45, 2.75) is 0 Å². The van der Waals surface area contributed by atoms with Crippen molar-refractivity contribution in [2.75, 3.05) is 0 Å². The van der Waals surface area contributed by atoms with Crippen LogP contribution in [0.3, 0.4) is 0 Å². The molecule has 0 atom stereocenters. The zero-order valence-corrected chi connectivity index (χ0v) is 66.2. The fraction of sp³-hybridized carbons (Fsp3) is 0. The van der Waals surface area contributed by atoms with Gasteiger partial charge in [0.15, 0.2) is 11.6 Å². The maximum Gasteiger partial charge on any atom is 0.238 e. The van der Waals surface area contributed by atoms with Crippen molar-refractivity contribution < 1.29 is 0 Å². The van der Waals surface area contributed by atoms with E-state index in [-0.39, 0.29) is 0 Å². The Hall–Kier alpha value is -16.2. The van der Waals surface area contributed by atoms with Gasteiger partial charge >= 0.3 is 0 Å². The van der Waals surface area contributed by atoms with E-state index in [0.717, 1.165) is 65.4 Å². The van der Waals surface area contributed by atoms with Gasteiger partial charge in [-0.2, -0.15) is 9.97 Å². The lowest BCUT2D eigenvalue weighted by Crippen LogP contribution is -2.06. The number of hydrogen-bond donors (Lipinski definition) is 0. The summed E-state index contributed by atoms with van der Waals surface area (Å²) in [6.07, 6.45) is 0. The van der Waals surface area contributed by atoms with Gasteiger partial charge in [0.1, 0.15) is 0 Å². The summed E-state index contributed by atoms with van der Waals surface area (Å²) in [6, 6.07) is 158. The molecule has 27 rings (SSSR count). The van der Waals surface area contributed by atoms with Crippen LogP contribution in [0.5, 0.6) is 0 Å². The van der Waals surface area contributed by atoms with Gasteiger partial charge in [-0.25, -0.2) is 4.98 Å². The Morgan fingerprint density at radius 3 is 0.713 bits per heavy atom. The minimum atomic E-state index is 0.567. The third-order valence-corrected chi connectivity index (χ3v) is 25.6. The molecule has 22 aromatic carbocycles. The van der Waals surface area contributed by atoms with E-state index in [2.05, 4.69) is 403 Å². The summed E-state index contributed by atoms with van der Waals surface area (Å²) in [5, 5.41) is 43.9. The molecule has 0 amide bonds. The van der Waals surface area contributed by atoms with E-state index in [4.69, 9.17) is 15.0 Å². The smallest absolute Gasteiger partial charge is 0.238 e. The molecule has 0 unspecified atom stereocenters. The van der Waals surface area contributed by atoms with Gasteiger partial charge < -0.3 is 4.40 Å². The van der Waals surface area contributed by atoms with Crippen LogP contribution in [0.4, 0.5) is 0 Å². The lowest BCUT2D eigenvalue weighted by atomic mass is 9.91. The largest absolute Gasteiger partial charge is 0.309 e. The molecule has 0 radical (unpaired) electrons. The number of hydrogen-bond acceptors (Lipinski definition) is 3. The summed E-state index contributed by atoms with van der Waals surface area (Å²) >= 11 is 0. The molecule has 0 spiro atoms. The van der Waals surface area contributed by atoms with Crippen LogP contribution in [-0.2, 0) is 0 Å². The number of para-hydroxylation sites is 1. The summed E-state index contributed by atoms with van der Waals surface area (Å²) in [7, 11) is 0. The van der Waals surface area contributed by atoms with Crippen molar-refractivity contribution >= 4 is 221 Å². The normalized spacial score (nSPS) is 11.9. The highest BCUT2D eigenvalue weighted by molar-refractivity contribution is 6.30. The minimum Gasteiger partial charge on any atom is -0.309 e. The lowest BCUT2D eigenvalue weighted by Gasteiger charge is -2.13. The van der Waals surface area contributed by atoms with Crippen LogP contribution in [0.15, 0.2) is 431 Å². The number of nitrogens with zero attached hydrogens (tertiary/aromatic N) is 5. The van der Waals surface area contributed by atoms with E-state index in [9.17, 15) is 0 Å². The van der Waals surface area contributed by atoms with Crippen molar-refractivity contribution in [3.63, 3.8) is 0 Å². The summed E-state index contributed by atoms with van der Waals surface area (Å²) in [5.74, 6) is 1.81. The maximum absolute atomic E-state index is 5.24. The van der Waals surface area contributed by atoms with Gasteiger partial charge in [-0.3, -0.25) is 4.57 Å². The van der Waals surface area contributed by atoms with Crippen LogP contribution < -0.4 is 0 Å². The first-order valence-corrected chi connectivity index (χ1v) is 41.9. The highest BCUT2D eigenvalue weighted by atomic mass is 15.2. The Morgan fingerprint density at radius 2 is 0.377 bits per heavy atom. The van der Waals surface area contributed by atoms with Crippen LogP contribution >= 0.6 is 0 Å². The number of fused-ring (bicyclic) bond motifs is 23. The second kappa shape index (κ2) is 27.7. The van der Waals surface area contributed by atoms with Crippen LogP contribution in [0.1, 0.15) is 0 Å². The highest BCUT2D eigenvalue weighted by Crippen LogP contribution is 2.43. The highest BCUT2D eigenvalue weighted by Gasteiger charge is 2.21. The molecule has 5 heteroatoms. The summed E-state index contributed by atoms with van der Waals surface area (Å²) < 4.78 is 4.62.